The second-order valence-electron chi connectivity index (χ2n) is 4.06. The number of esters is 1. The van der Waals surface area contributed by atoms with Crippen LogP contribution >= 0.6 is 45.9 Å². The van der Waals surface area contributed by atoms with E-state index in [1.54, 1.807) is 6.92 Å². The Bertz CT molecular complexity index is 805. The average Bonchev–Trinajstić information content (AvgIpc) is 2.97. The summed E-state index contributed by atoms with van der Waals surface area (Å²) in [6.45, 7) is 1.62. The molecule has 1 amide bonds. The molecule has 2 rings (SSSR count). The van der Waals surface area contributed by atoms with Crippen molar-refractivity contribution in [2.75, 3.05) is 12.4 Å². The molecular weight excluding hydrogens is 367 g/mol. The van der Waals surface area contributed by atoms with Gasteiger partial charge >= 0.3 is 5.97 Å². The van der Waals surface area contributed by atoms with Crippen LogP contribution in [0.3, 0.4) is 0 Å². The molecule has 22 heavy (non-hydrogen) atoms. The van der Waals surface area contributed by atoms with Gasteiger partial charge < -0.3 is 10.1 Å². The quantitative estimate of drug-likeness (QED) is 0.810. The Morgan fingerprint density at radius 3 is 2.55 bits per heavy atom. The highest BCUT2D eigenvalue weighted by atomic mass is 35.5. The van der Waals surface area contributed by atoms with Gasteiger partial charge in [-0.3, -0.25) is 4.79 Å². The minimum atomic E-state index is -0.559. The molecule has 2 aromatic heterocycles. The predicted octanol–water partition coefficient (Wildman–Crippen LogP) is 4.34. The van der Waals surface area contributed by atoms with E-state index >= 15 is 0 Å². The SMILES string of the molecule is COC(=O)c1sc(NC(=O)c2cc(Cl)sc2Cl)c(C#N)c1C. The van der Waals surface area contributed by atoms with Gasteiger partial charge in [-0.05, 0) is 18.6 Å². The maximum atomic E-state index is 12.2. The predicted molar refractivity (Wildman–Crippen MR) is 87.4 cm³/mol. The number of halogens is 2. The van der Waals surface area contributed by atoms with Crippen LogP contribution in [0, 0.1) is 18.3 Å². The first-order valence-corrected chi connectivity index (χ1v) is 8.15. The number of hydrogen-bond donors (Lipinski definition) is 1. The summed E-state index contributed by atoms with van der Waals surface area (Å²) in [6.07, 6.45) is 0. The van der Waals surface area contributed by atoms with Gasteiger partial charge in [0.25, 0.3) is 5.91 Å². The monoisotopic (exact) mass is 374 g/mol. The van der Waals surface area contributed by atoms with Crippen LogP contribution < -0.4 is 5.32 Å². The molecule has 9 heteroatoms. The van der Waals surface area contributed by atoms with E-state index in [-0.39, 0.29) is 25.3 Å². The van der Waals surface area contributed by atoms with Gasteiger partial charge in [-0.15, -0.1) is 22.7 Å². The lowest BCUT2D eigenvalue weighted by Crippen LogP contribution is -2.11. The molecule has 0 aliphatic rings. The lowest BCUT2D eigenvalue weighted by atomic mass is 10.1. The smallest absolute Gasteiger partial charge is 0.348 e. The van der Waals surface area contributed by atoms with Crippen LogP contribution in [0.5, 0.6) is 0 Å². The van der Waals surface area contributed by atoms with E-state index in [0.717, 1.165) is 22.7 Å². The summed E-state index contributed by atoms with van der Waals surface area (Å²) >= 11 is 13.8. The van der Waals surface area contributed by atoms with E-state index in [2.05, 4.69) is 10.1 Å². The number of anilines is 1. The molecule has 2 aromatic rings. The van der Waals surface area contributed by atoms with Crippen molar-refractivity contribution in [1.82, 2.24) is 0 Å². The lowest BCUT2D eigenvalue weighted by Gasteiger charge is -2.01. The first-order valence-electron chi connectivity index (χ1n) is 5.77. The molecule has 1 N–H and O–H groups in total. The van der Waals surface area contributed by atoms with Crippen LogP contribution in [-0.2, 0) is 4.74 Å². The molecule has 0 aromatic carbocycles. The second kappa shape index (κ2) is 6.67. The summed E-state index contributed by atoms with van der Waals surface area (Å²) in [6, 6.07) is 3.41. The number of amides is 1. The van der Waals surface area contributed by atoms with E-state index in [1.165, 1.54) is 13.2 Å². The van der Waals surface area contributed by atoms with Crippen LogP contribution in [0.2, 0.25) is 8.67 Å². The Balaban J connectivity index is 2.38. The largest absolute Gasteiger partial charge is 0.465 e. The maximum Gasteiger partial charge on any atom is 0.348 e. The number of nitrogens with one attached hydrogen (secondary N) is 1. The van der Waals surface area contributed by atoms with Gasteiger partial charge in [0, 0.05) is 0 Å². The van der Waals surface area contributed by atoms with Gasteiger partial charge in [0.2, 0.25) is 0 Å². The van der Waals surface area contributed by atoms with Gasteiger partial charge in [0.1, 0.15) is 20.3 Å². The molecule has 0 saturated heterocycles. The zero-order chi connectivity index (χ0) is 16.4. The van der Waals surface area contributed by atoms with E-state index in [9.17, 15) is 14.9 Å². The third-order valence-electron chi connectivity index (χ3n) is 2.76. The van der Waals surface area contributed by atoms with Crippen LogP contribution in [0.1, 0.15) is 31.2 Å². The average molecular weight is 375 g/mol. The number of carbonyl (C=O) groups excluding carboxylic acids is 2. The van der Waals surface area contributed by atoms with Crippen LogP contribution in [0.4, 0.5) is 5.00 Å². The minimum Gasteiger partial charge on any atom is -0.465 e. The molecule has 0 atom stereocenters. The number of hydrogen-bond acceptors (Lipinski definition) is 6. The third-order valence-corrected chi connectivity index (χ3v) is 5.43. The molecule has 2 heterocycles. The normalized spacial score (nSPS) is 10.1. The highest BCUT2D eigenvalue weighted by Gasteiger charge is 2.23. The molecule has 0 bridgehead atoms. The van der Waals surface area contributed by atoms with Crippen molar-refractivity contribution in [2.24, 2.45) is 0 Å². The number of carbonyl (C=O) groups is 2. The molecule has 0 radical (unpaired) electrons. The van der Waals surface area contributed by atoms with Gasteiger partial charge in [-0.25, -0.2) is 4.79 Å². The Hall–Kier alpha value is -1.59. The van der Waals surface area contributed by atoms with Crippen molar-refractivity contribution in [2.45, 2.75) is 6.92 Å². The maximum absolute atomic E-state index is 12.2. The second-order valence-corrected chi connectivity index (χ2v) is 7.36. The number of rotatable bonds is 3. The van der Waals surface area contributed by atoms with E-state index in [1.807, 2.05) is 6.07 Å². The number of nitrogens with zero attached hydrogens (tertiary/aromatic N) is 1. The van der Waals surface area contributed by atoms with Gasteiger partial charge in [-0.2, -0.15) is 5.26 Å². The summed E-state index contributed by atoms with van der Waals surface area (Å²) in [5, 5.41) is 12.1. The Labute approximate surface area is 144 Å². The fourth-order valence-corrected chi connectivity index (χ4v) is 4.22. The standard InChI is InChI=1S/C13H8Cl2N2O3S2/c1-5-7(4-16)12(22-9(5)13(19)20-2)17-11(18)6-3-8(14)21-10(6)15/h3H,1-2H3,(H,17,18). The fourth-order valence-electron chi connectivity index (χ4n) is 1.69. The molecule has 0 fully saturated rings. The lowest BCUT2D eigenvalue weighted by molar-refractivity contribution is 0.0605. The summed E-state index contributed by atoms with van der Waals surface area (Å²) in [7, 11) is 1.25. The Kier molecular flexibility index (Phi) is 5.08. The van der Waals surface area contributed by atoms with Crippen molar-refractivity contribution in [3.05, 3.63) is 36.3 Å². The van der Waals surface area contributed by atoms with E-state index in [0.29, 0.717) is 9.90 Å². The molecule has 0 unspecified atom stereocenters. The highest BCUT2D eigenvalue weighted by molar-refractivity contribution is 7.20. The fraction of sp³-hybridized carbons (Fsp3) is 0.154. The third kappa shape index (κ3) is 3.10. The van der Waals surface area contributed by atoms with E-state index in [4.69, 9.17) is 23.2 Å². The summed E-state index contributed by atoms with van der Waals surface area (Å²) in [5.74, 6) is -1.06. The van der Waals surface area contributed by atoms with Crippen molar-refractivity contribution < 1.29 is 14.3 Å². The van der Waals surface area contributed by atoms with Gasteiger partial charge in [-0.1, -0.05) is 23.2 Å². The zero-order valence-electron chi connectivity index (χ0n) is 11.3. The van der Waals surface area contributed by atoms with Crippen molar-refractivity contribution in [3.63, 3.8) is 0 Å². The van der Waals surface area contributed by atoms with Crippen molar-refractivity contribution in [3.8, 4) is 6.07 Å². The molecule has 0 spiro atoms. The van der Waals surface area contributed by atoms with Crippen LogP contribution in [0.15, 0.2) is 6.07 Å². The number of ether oxygens (including phenoxy) is 1. The summed E-state index contributed by atoms with van der Waals surface area (Å²) < 4.78 is 5.29. The zero-order valence-corrected chi connectivity index (χ0v) is 14.5. The summed E-state index contributed by atoms with van der Waals surface area (Å²) in [5.41, 5.74) is 0.895. The number of nitriles is 1. The molecular formula is C13H8Cl2N2O3S2. The first-order chi connectivity index (χ1) is 10.4. The van der Waals surface area contributed by atoms with E-state index < -0.39 is 11.9 Å². The molecule has 0 aliphatic heterocycles. The number of methoxy groups -OCH3 is 1. The number of thiophene rings is 2. The van der Waals surface area contributed by atoms with Gasteiger partial charge in [0.15, 0.2) is 0 Å². The topological polar surface area (TPSA) is 79.2 Å². The van der Waals surface area contributed by atoms with Crippen LogP contribution in [0.25, 0.3) is 0 Å². The molecule has 0 saturated carbocycles. The first kappa shape index (κ1) is 16.8. The van der Waals surface area contributed by atoms with Crippen LogP contribution in [-0.4, -0.2) is 19.0 Å². The highest BCUT2D eigenvalue weighted by Crippen LogP contribution is 2.35. The summed E-state index contributed by atoms with van der Waals surface area (Å²) in [4.78, 5) is 24.1. The van der Waals surface area contributed by atoms with Gasteiger partial charge in [0.05, 0.1) is 22.6 Å². The van der Waals surface area contributed by atoms with Crippen molar-refractivity contribution >= 4 is 62.8 Å². The Morgan fingerprint density at radius 1 is 1.36 bits per heavy atom. The van der Waals surface area contributed by atoms with Crippen molar-refractivity contribution in [1.29, 1.82) is 5.26 Å². The Morgan fingerprint density at radius 2 is 2.05 bits per heavy atom. The molecule has 114 valence electrons. The molecule has 0 aliphatic carbocycles. The minimum absolute atomic E-state index is 0.214. The molecule has 5 nitrogen and oxygen atoms in total.